The van der Waals surface area contributed by atoms with Crippen LogP contribution in [0, 0.1) is 5.92 Å². The SMILES string of the molecule is CCn1cnnc1CCNC(=O)C1CCn2nccc2C1. The molecule has 3 heterocycles. The zero-order valence-corrected chi connectivity index (χ0v) is 12.2. The monoisotopic (exact) mass is 288 g/mol. The van der Waals surface area contributed by atoms with E-state index < -0.39 is 0 Å². The first kappa shape index (κ1) is 13.8. The van der Waals surface area contributed by atoms with Crippen LogP contribution in [0.25, 0.3) is 0 Å². The Morgan fingerprint density at radius 2 is 2.43 bits per heavy atom. The van der Waals surface area contributed by atoms with Crippen molar-refractivity contribution in [2.45, 2.75) is 39.3 Å². The molecule has 1 aliphatic heterocycles. The van der Waals surface area contributed by atoms with Crippen molar-refractivity contribution in [2.75, 3.05) is 6.54 Å². The number of nitrogens with zero attached hydrogens (tertiary/aromatic N) is 5. The Morgan fingerprint density at radius 3 is 3.29 bits per heavy atom. The Hall–Kier alpha value is -2.18. The average Bonchev–Trinajstić information content (AvgIpc) is 3.14. The highest BCUT2D eigenvalue weighted by Crippen LogP contribution is 2.19. The Morgan fingerprint density at radius 1 is 1.52 bits per heavy atom. The summed E-state index contributed by atoms with van der Waals surface area (Å²) >= 11 is 0. The lowest BCUT2D eigenvalue weighted by Gasteiger charge is -2.22. The predicted molar refractivity (Wildman–Crippen MR) is 76.4 cm³/mol. The lowest BCUT2D eigenvalue weighted by atomic mass is 9.95. The van der Waals surface area contributed by atoms with Gasteiger partial charge in [0.15, 0.2) is 0 Å². The van der Waals surface area contributed by atoms with Gasteiger partial charge in [0.25, 0.3) is 0 Å². The maximum Gasteiger partial charge on any atom is 0.223 e. The number of hydrogen-bond donors (Lipinski definition) is 1. The van der Waals surface area contributed by atoms with Crippen molar-refractivity contribution in [1.29, 1.82) is 0 Å². The van der Waals surface area contributed by atoms with E-state index in [1.54, 1.807) is 12.5 Å². The molecule has 3 rings (SSSR count). The Kier molecular flexibility index (Phi) is 3.98. The molecule has 0 radical (unpaired) electrons. The topological polar surface area (TPSA) is 77.6 Å². The molecule has 1 atom stereocenters. The molecule has 0 bridgehead atoms. The van der Waals surface area contributed by atoms with Gasteiger partial charge in [0.2, 0.25) is 5.91 Å². The summed E-state index contributed by atoms with van der Waals surface area (Å²) in [5, 5.41) is 15.2. The van der Waals surface area contributed by atoms with E-state index in [1.165, 1.54) is 0 Å². The summed E-state index contributed by atoms with van der Waals surface area (Å²) in [7, 11) is 0. The van der Waals surface area contributed by atoms with Crippen LogP contribution in [0.1, 0.15) is 24.9 Å². The highest BCUT2D eigenvalue weighted by Gasteiger charge is 2.24. The number of carbonyl (C=O) groups excluding carboxylic acids is 1. The van der Waals surface area contributed by atoms with Gasteiger partial charge in [0.1, 0.15) is 12.2 Å². The number of rotatable bonds is 5. The first-order chi connectivity index (χ1) is 10.3. The van der Waals surface area contributed by atoms with E-state index in [-0.39, 0.29) is 11.8 Å². The van der Waals surface area contributed by atoms with Crippen molar-refractivity contribution in [3.8, 4) is 0 Å². The summed E-state index contributed by atoms with van der Waals surface area (Å²) in [6.45, 7) is 4.33. The minimum absolute atomic E-state index is 0.0539. The first-order valence-electron chi connectivity index (χ1n) is 7.43. The van der Waals surface area contributed by atoms with Crippen molar-refractivity contribution in [2.24, 2.45) is 5.92 Å². The lowest BCUT2D eigenvalue weighted by Crippen LogP contribution is -2.36. The molecule has 1 unspecified atom stereocenters. The summed E-state index contributed by atoms with van der Waals surface area (Å²) < 4.78 is 3.97. The smallest absolute Gasteiger partial charge is 0.223 e. The fraction of sp³-hybridized carbons (Fsp3) is 0.571. The van der Waals surface area contributed by atoms with Crippen LogP contribution in [-0.2, 0) is 30.7 Å². The second-order valence-electron chi connectivity index (χ2n) is 5.31. The maximum absolute atomic E-state index is 12.2. The van der Waals surface area contributed by atoms with Crippen LogP contribution in [0.15, 0.2) is 18.6 Å². The zero-order valence-electron chi connectivity index (χ0n) is 12.2. The molecular formula is C14H20N6O. The van der Waals surface area contributed by atoms with E-state index in [0.29, 0.717) is 13.0 Å². The van der Waals surface area contributed by atoms with E-state index in [0.717, 1.165) is 37.4 Å². The molecule has 1 amide bonds. The van der Waals surface area contributed by atoms with Gasteiger partial charge in [-0.05, 0) is 19.4 Å². The van der Waals surface area contributed by atoms with Crippen molar-refractivity contribution < 1.29 is 4.79 Å². The van der Waals surface area contributed by atoms with Crippen LogP contribution >= 0.6 is 0 Å². The number of amides is 1. The first-order valence-corrected chi connectivity index (χ1v) is 7.43. The van der Waals surface area contributed by atoms with Gasteiger partial charge in [-0.15, -0.1) is 10.2 Å². The normalized spacial score (nSPS) is 17.5. The largest absolute Gasteiger partial charge is 0.355 e. The van der Waals surface area contributed by atoms with Gasteiger partial charge in [0, 0.05) is 50.3 Å². The minimum atomic E-state index is 0.0539. The van der Waals surface area contributed by atoms with Gasteiger partial charge < -0.3 is 9.88 Å². The van der Waals surface area contributed by atoms with E-state index >= 15 is 0 Å². The number of aryl methyl sites for hydroxylation is 2. The fourth-order valence-corrected chi connectivity index (χ4v) is 2.77. The Bertz CT molecular complexity index is 617. The van der Waals surface area contributed by atoms with Gasteiger partial charge >= 0.3 is 0 Å². The number of carbonyl (C=O) groups is 1. The number of fused-ring (bicyclic) bond motifs is 1. The van der Waals surface area contributed by atoms with Crippen molar-refractivity contribution in [3.63, 3.8) is 0 Å². The van der Waals surface area contributed by atoms with E-state index in [4.69, 9.17) is 0 Å². The minimum Gasteiger partial charge on any atom is -0.355 e. The standard InChI is InChI=1S/C14H20N6O/c1-2-19-10-16-18-13(19)4-6-15-14(21)11-5-8-20-12(9-11)3-7-17-20/h3,7,10-11H,2,4-6,8-9H2,1H3,(H,15,21). The summed E-state index contributed by atoms with van der Waals surface area (Å²) in [6, 6.07) is 1.99. The number of hydrogen-bond acceptors (Lipinski definition) is 4. The molecule has 7 nitrogen and oxygen atoms in total. The highest BCUT2D eigenvalue weighted by atomic mass is 16.1. The van der Waals surface area contributed by atoms with Crippen LogP contribution in [0.3, 0.4) is 0 Å². The Labute approximate surface area is 123 Å². The molecule has 0 saturated heterocycles. The summed E-state index contributed by atoms with van der Waals surface area (Å²) in [4.78, 5) is 12.2. The third kappa shape index (κ3) is 2.96. The molecule has 0 aliphatic carbocycles. The maximum atomic E-state index is 12.2. The van der Waals surface area contributed by atoms with Gasteiger partial charge in [-0.3, -0.25) is 9.48 Å². The quantitative estimate of drug-likeness (QED) is 0.864. The van der Waals surface area contributed by atoms with Crippen LogP contribution in [-0.4, -0.2) is 37.0 Å². The van der Waals surface area contributed by atoms with E-state index in [1.807, 2.05) is 15.3 Å². The molecule has 21 heavy (non-hydrogen) atoms. The summed E-state index contributed by atoms with van der Waals surface area (Å²) in [5.74, 6) is 1.10. The molecule has 2 aromatic heterocycles. The second kappa shape index (κ2) is 6.07. The molecule has 0 fully saturated rings. The van der Waals surface area contributed by atoms with Crippen LogP contribution < -0.4 is 5.32 Å². The van der Waals surface area contributed by atoms with Crippen LogP contribution in [0.2, 0.25) is 0 Å². The molecule has 0 aromatic carbocycles. The van der Waals surface area contributed by atoms with Gasteiger partial charge in [-0.2, -0.15) is 5.10 Å². The van der Waals surface area contributed by atoms with Crippen molar-refractivity contribution in [1.82, 2.24) is 29.9 Å². The summed E-state index contributed by atoms with van der Waals surface area (Å²) in [6.07, 6.45) is 5.86. The highest BCUT2D eigenvalue weighted by molar-refractivity contribution is 5.79. The fourth-order valence-electron chi connectivity index (χ4n) is 2.77. The molecule has 0 spiro atoms. The zero-order chi connectivity index (χ0) is 14.7. The summed E-state index contributed by atoms with van der Waals surface area (Å²) in [5.41, 5.74) is 1.15. The Balaban J connectivity index is 1.49. The van der Waals surface area contributed by atoms with Crippen molar-refractivity contribution >= 4 is 5.91 Å². The molecule has 7 heteroatoms. The molecule has 112 valence electrons. The van der Waals surface area contributed by atoms with Gasteiger partial charge in [-0.25, -0.2) is 0 Å². The molecule has 2 aromatic rings. The van der Waals surface area contributed by atoms with Gasteiger partial charge in [0.05, 0.1) is 0 Å². The van der Waals surface area contributed by atoms with Gasteiger partial charge in [-0.1, -0.05) is 0 Å². The predicted octanol–water partition coefficient (Wildman–Crippen LogP) is 0.416. The second-order valence-corrected chi connectivity index (χ2v) is 5.31. The number of aromatic nitrogens is 5. The molecule has 1 N–H and O–H groups in total. The molecule has 0 saturated carbocycles. The molecular weight excluding hydrogens is 268 g/mol. The van der Waals surface area contributed by atoms with Crippen LogP contribution in [0.5, 0.6) is 0 Å². The third-order valence-electron chi connectivity index (χ3n) is 4.00. The lowest BCUT2D eigenvalue weighted by molar-refractivity contribution is -0.125. The van der Waals surface area contributed by atoms with E-state index in [9.17, 15) is 4.79 Å². The molecule has 1 aliphatic rings. The van der Waals surface area contributed by atoms with E-state index in [2.05, 4.69) is 27.5 Å². The van der Waals surface area contributed by atoms with Crippen molar-refractivity contribution in [3.05, 3.63) is 30.1 Å². The average molecular weight is 288 g/mol. The third-order valence-corrected chi connectivity index (χ3v) is 4.00. The van der Waals surface area contributed by atoms with Crippen LogP contribution in [0.4, 0.5) is 0 Å². The number of nitrogens with one attached hydrogen (secondary N) is 1.